The minimum Gasteiger partial charge on any atom is -0.356 e. The number of aryl methyl sites for hydroxylation is 1. The summed E-state index contributed by atoms with van der Waals surface area (Å²) in [5.74, 6) is 0.476. The van der Waals surface area contributed by atoms with Crippen molar-refractivity contribution in [1.29, 1.82) is 0 Å². The van der Waals surface area contributed by atoms with E-state index in [1.807, 2.05) is 13.8 Å². The molecular weight excluding hydrogens is 367 g/mol. The SMILES string of the molecule is Cc1noc(-c2cn[nH]c2[C@H]2CCCCN2Cc2c(F)cccc2Cl)c1C. The average molecular weight is 389 g/mol. The highest BCUT2D eigenvalue weighted by Gasteiger charge is 2.30. The zero-order chi connectivity index (χ0) is 19.0. The Balaban J connectivity index is 1.68. The lowest BCUT2D eigenvalue weighted by Crippen LogP contribution is -2.33. The van der Waals surface area contributed by atoms with Crippen LogP contribution in [0, 0.1) is 19.7 Å². The van der Waals surface area contributed by atoms with Crippen molar-refractivity contribution in [1.82, 2.24) is 20.3 Å². The summed E-state index contributed by atoms with van der Waals surface area (Å²) in [6, 6.07) is 4.93. The van der Waals surface area contributed by atoms with Gasteiger partial charge in [0.25, 0.3) is 0 Å². The summed E-state index contributed by atoms with van der Waals surface area (Å²) in [5, 5.41) is 11.9. The van der Waals surface area contributed by atoms with E-state index in [2.05, 4.69) is 20.3 Å². The van der Waals surface area contributed by atoms with Crippen LogP contribution in [-0.2, 0) is 6.54 Å². The van der Waals surface area contributed by atoms with Gasteiger partial charge in [-0.15, -0.1) is 0 Å². The number of H-pyrrole nitrogens is 1. The van der Waals surface area contributed by atoms with Gasteiger partial charge in [-0.1, -0.05) is 29.2 Å². The van der Waals surface area contributed by atoms with Crippen molar-refractivity contribution in [3.05, 3.63) is 57.8 Å². The zero-order valence-electron chi connectivity index (χ0n) is 15.4. The number of nitrogens with one attached hydrogen (secondary N) is 1. The Morgan fingerprint density at radius 3 is 2.93 bits per heavy atom. The van der Waals surface area contributed by atoms with E-state index in [4.69, 9.17) is 16.1 Å². The van der Waals surface area contributed by atoms with Crippen LogP contribution in [0.25, 0.3) is 11.3 Å². The van der Waals surface area contributed by atoms with Crippen molar-refractivity contribution in [2.24, 2.45) is 0 Å². The molecule has 0 spiro atoms. The summed E-state index contributed by atoms with van der Waals surface area (Å²) in [5.41, 5.74) is 4.33. The van der Waals surface area contributed by atoms with Gasteiger partial charge < -0.3 is 4.52 Å². The molecule has 4 rings (SSSR count). The lowest BCUT2D eigenvalue weighted by atomic mass is 9.95. The molecule has 0 saturated carbocycles. The predicted molar refractivity (Wildman–Crippen MR) is 102 cm³/mol. The first-order valence-electron chi connectivity index (χ1n) is 9.19. The van der Waals surface area contributed by atoms with E-state index < -0.39 is 0 Å². The second-order valence-corrected chi connectivity index (χ2v) is 7.51. The van der Waals surface area contributed by atoms with Gasteiger partial charge in [0.15, 0.2) is 5.76 Å². The average Bonchev–Trinajstić information content (AvgIpc) is 3.26. The normalized spacial score (nSPS) is 18.1. The summed E-state index contributed by atoms with van der Waals surface area (Å²) in [6.07, 6.45) is 4.93. The quantitative estimate of drug-likeness (QED) is 0.667. The van der Waals surface area contributed by atoms with Gasteiger partial charge in [-0.05, 0) is 45.4 Å². The smallest absolute Gasteiger partial charge is 0.173 e. The molecule has 0 radical (unpaired) electrons. The Morgan fingerprint density at radius 2 is 2.19 bits per heavy atom. The number of halogens is 2. The van der Waals surface area contributed by atoms with E-state index in [-0.39, 0.29) is 11.9 Å². The van der Waals surface area contributed by atoms with Crippen molar-refractivity contribution < 1.29 is 8.91 Å². The fourth-order valence-corrected chi connectivity index (χ4v) is 4.01. The van der Waals surface area contributed by atoms with Gasteiger partial charge in [-0.2, -0.15) is 5.10 Å². The first kappa shape index (κ1) is 18.2. The minimum absolute atomic E-state index is 0.0942. The third-order valence-corrected chi connectivity index (χ3v) is 5.79. The van der Waals surface area contributed by atoms with E-state index in [0.29, 0.717) is 17.1 Å². The number of aromatic nitrogens is 3. The highest BCUT2D eigenvalue weighted by molar-refractivity contribution is 6.31. The Labute approximate surface area is 162 Å². The van der Waals surface area contributed by atoms with Crippen molar-refractivity contribution in [3.8, 4) is 11.3 Å². The number of hydrogen-bond donors (Lipinski definition) is 1. The number of aromatic amines is 1. The molecule has 0 aliphatic carbocycles. The summed E-state index contributed by atoms with van der Waals surface area (Å²) >= 11 is 6.26. The van der Waals surface area contributed by atoms with Gasteiger partial charge in [0, 0.05) is 22.7 Å². The van der Waals surface area contributed by atoms with E-state index in [1.54, 1.807) is 18.3 Å². The number of benzene rings is 1. The van der Waals surface area contributed by atoms with E-state index in [1.165, 1.54) is 6.07 Å². The van der Waals surface area contributed by atoms with Crippen LogP contribution in [0.2, 0.25) is 5.02 Å². The number of rotatable bonds is 4. The molecular formula is C20H22ClFN4O. The molecule has 5 nitrogen and oxygen atoms in total. The molecule has 1 aliphatic heterocycles. The monoisotopic (exact) mass is 388 g/mol. The Hall–Kier alpha value is -2.18. The molecule has 0 unspecified atom stereocenters. The van der Waals surface area contributed by atoms with Gasteiger partial charge in [-0.25, -0.2) is 4.39 Å². The molecule has 1 N–H and O–H groups in total. The number of hydrogen-bond acceptors (Lipinski definition) is 4. The summed E-state index contributed by atoms with van der Waals surface area (Å²) in [6.45, 7) is 5.26. The maximum atomic E-state index is 14.3. The third-order valence-electron chi connectivity index (χ3n) is 5.44. The lowest BCUT2D eigenvalue weighted by molar-refractivity contribution is 0.136. The molecule has 1 aromatic carbocycles. The molecule has 7 heteroatoms. The summed E-state index contributed by atoms with van der Waals surface area (Å²) < 4.78 is 19.9. The molecule has 3 heterocycles. The molecule has 142 valence electrons. The fourth-order valence-electron chi connectivity index (χ4n) is 3.79. The minimum atomic E-state index is -0.265. The van der Waals surface area contributed by atoms with Gasteiger partial charge in [0.2, 0.25) is 0 Å². The predicted octanol–water partition coefficient (Wildman–Crippen LogP) is 5.20. The van der Waals surface area contributed by atoms with E-state index >= 15 is 0 Å². The Bertz CT molecular complexity index is 931. The first-order chi connectivity index (χ1) is 13.1. The number of likely N-dealkylation sites (tertiary alicyclic amines) is 1. The molecule has 27 heavy (non-hydrogen) atoms. The van der Waals surface area contributed by atoms with Crippen molar-refractivity contribution in [3.63, 3.8) is 0 Å². The molecule has 2 aromatic heterocycles. The maximum Gasteiger partial charge on any atom is 0.173 e. The van der Waals surface area contributed by atoms with Gasteiger partial charge in [0.05, 0.1) is 29.2 Å². The summed E-state index contributed by atoms with van der Waals surface area (Å²) in [7, 11) is 0. The topological polar surface area (TPSA) is 58.0 Å². The molecule has 1 atom stereocenters. The lowest BCUT2D eigenvalue weighted by Gasteiger charge is -2.35. The maximum absolute atomic E-state index is 14.3. The zero-order valence-corrected chi connectivity index (χ0v) is 16.2. The van der Waals surface area contributed by atoms with Crippen LogP contribution in [0.5, 0.6) is 0 Å². The molecule has 3 aromatic rings. The largest absolute Gasteiger partial charge is 0.356 e. The summed E-state index contributed by atoms with van der Waals surface area (Å²) in [4.78, 5) is 2.27. The highest BCUT2D eigenvalue weighted by Crippen LogP contribution is 2.38. The van der Waals surface area contributed by atoms with Crippen LogP contribution in [0.1, 0.15) is 47.8 Å². The van der Waals surface area contributed by atoms with Crippen LogP contribution >= 0.6 is 11.6 Å². The molecule has 1 saturated heterocycles. The number of piperidine rings is 1. The van der Waals surface area contributed by atoms with Crippen LogP contribution in [0.3, 0.4) is 0 Å². The van der Waals surface area contributed by atoms with Crippen molar-refractivity contribution >= 4 is 11.6 Å². The Kier molecular flexibility index (Phi) is 5.02. The van der Waals surface area contributed by atoms with Gasteiger partial charge in [-0.3, -0.25) is 10.00 Å². The molecule has 1 fully saturated rings. The fraction of sp³-hybridized carbons (Fsp3) is 0.400. The van der Waals surface area contributed by atoms with Crippen LogP contribution in [-0.4, -0.2) is 26.8 Å². The molecule has 0 amide bonds. The molecule has 0 bridgehead atoms. The van der Waals surface area contributed by atoms with Gasteiger partial charge in [0.1, 0.15) is 5.82 Å². The van der Waals surface area contributed by atoms with Crippen LogP contribution < -0.4 is 0 Å². The third kappa shape index (κ3) is 3.39. The van der Waals surface area contributed by atoms with E-state index in [0.717, 1.165) is 54.1 Å². The van der Waals surface area contributed by atoms with Crippen LogP contribution in [0.15, 0.2) is 28.9 Å². The van der Waals surface area contributed by atoms with Crippen LogP contribution in [0.4, 0.5) is 4.39 Å². The highest BCUT2D eigenvalue weighted by atomic mass is 35.5. The standard InChI is InChI=1S/C20H22ClFN4O/c1-12-13(2)25-27-20(12)14-10-23-24-19(14)18-8-3-4-9-26(18)11-15-16(21)6-5-7-17(15)22/h5-7,10,18H,3-4,8-9,11H2,1-2H3,(H,23,24)/t18-/m1/s1. The second kappa shape index (κ2) is 7.44. The second-order valence-electron chi connectivity index (χ2n) is 7.10. The Morgan fingerprint density at radius 1 is 1.33 bits per heavy atom. The van der Waals surface area contributed by atoms with Crippen molar-refractivity contribution in [2.45, 2.75) is 45.7 Å². The molecule has 1 aliphatic rings. The van der Waals surface area contributed by atoms with Crippen molar-refractivity contribution in [2.75, 3.05) is 6.54 Å². The van der Waals surface area contributed by atoms with Gasteiger partial charge >= 0.3 is 0 Å². The first-order valence-corrected chi connectivity index (χ1v) is 9.57. The van der Waals surface area contributed by atoms with E-state index in [9.17, 15) is 4.39 Å². The number of nitrogens with zero attached hydrogens (tertiary/aromatic N) is 3.